The van der Waals surface area contributed by atoms with Crippen molar-refractivity contribution in [1.82, 2.24) is 4.98 Å². The van der Waals surface area contributed by atoms with Crippen molar-refractivity contribution in [1.29, 1.82) is 0 Å². The quantitative estimate of drug-likeness (QED) is 0.785. The molecule has 1 aromatic heterocycles. The van der Waals surface area contributed by atoms with E-state index in [2.05, 4.69) is 4.98 Å². The van der Waals surface area contributed by atoms with Gasteiger partial charge in [-0.1, -0.05) is 41.9 Å². The van der Waals surface area contributed by atoms with E-state index in [9.17, 15) is 9.90 Å². The Morgan fingerprint density at radius 3 is 2.68 bits per heavy atom. The summed E-state index contributed by atoms with van der Waals surface area (Å²) in [5, 5.41) is 10.4. The van der Waals surface area contributed by atoms with E-state index in [1.807, 2.05) is 30.3 Å². The highest BCUT2D eigenvalue weighted by atomic mass is 35.5. The lowest BCUT2D eigenvalue weighted by atomic mass is 10.1. The average Bonchev–Trinajstić information content (AvgIpc) is 2.53. The number of carbonyl (C=O) groups is 1. The fraction of sp³-hybridized carbons (Fsp3) is 0.0588. The van der Waals surface area contributed by atoms with Crippen LogP contribution >= 0.6 is 11.6 Å². The van der Waals surface area contributed by atoms with Gasteiger partial charge >= 0.3 is 5.97 Å². The molecule has 3 aromatic rings. The van der Waals surface area contributed by atoms with Crippen molar-refractivity contribution in [3.05, 3.63) is 70.9 Å². The zero-order chi connectivity index (χ0) is 15.5. The molecule has 0 radical (unpaired) electrons. The van der Waals surface area contributed by atoms with Crippen LogP contribution in [0, 0.1) is 0 Å². The molecule has 5 heteroatoms. The van der Waals surface area contributed by atoms with Gasteiger partial charge in [-0.05, 0) is 17.7 Å². The Balaban J connectivity index is 2.00. The molecule has 0 bridgehead atoms. The van der Waals surface area contributed by atoms with Gasteiger partial charge in [0.2, 0.25) is 0 Å². The lowest BCUT2D eigenvalue weighted by Gasteiger charge is -2.11. The Morgan fingerprint density at radius 1 is 1.18 bits per heavy atom. The number of aromatic nitrogens is 1. The third-order valence-corrected chi connectivity index (χ3v) is 3.59. The van der Waals surface area contributed by atoms with E-state index < -0.39 is 5.97 Å². The first-order valence-corrected chi connectivity index (χ1v) is 7.01. The van der Waals surface area contributed by atoms with E-state index in [0.29, 0.717) is 15.9 Å². The van der Waals surface area contributed by atoms with Crippen LogP contribution in [0.25, 0.3) is 10.9 Å². The topological polar surface area (TPSA) is 59.4 Å². The molecule has 3 rings (SSSR count). The van der Waals surface area contributed by atoms with Crippen LogP contribution in [0.2, 0.25) is 5.02 Å². The second kappa shape index (κ2) is 6.03. The molecule has 4 nitrogen and oxygen atoms in total. The third kappa shape index (κ3) is 2.87. The number of pyridine rings is 1. The summed E-state index contributed by atoms with van der Waals surface area (Å²) < 4.78 is 5.67. The largest absolute Gasteiger partial charge is 0.488 e. The molecule has 0 fully saturated rings. The van der Waals surface area contributed by atoms with Gasteiger partial charge in [-0.25, -0.2) is 4.79 Å². The average molecular weight is 314 g/mol. The normalized spacial score (nSPS) is 10.6. The molecule has 1 heterocycles. The minimum atomic E-state index is -1.06. The Morgan fingerprint density at radius 2 is 1.95 bits per heavy atom. The van der Waals surface area contributed by atoms with Gasteiger partial charge in [-0.2, -0.15) is 0 Å². The fourth-order valence-corrected chi connectivity index (χ4v) is 2.37. The molecule has 0 saturated heterocycles. The van der Waals surface area contributed by atoms with E-state index in [-0.39, 0.29) is 17.9 Å². The molecule has 110 valence electrons. The number of hydrogen-bond acceptors (Lipinski definition) is 3. The second-order valence-corrected chi connectivity index (χ2v) is 5.14. The summed E-state index contributed by atoms with van der Waals surface area (Å²) >= 11 is 6.09. The predicted molar refractivity (Wildman–Crippen MR) is 84.5 cm³/mol. The van der Waals surface area contributed by atoms with E-state index >= 15 is 0 Å². The zero-order valence-electron chi connectivity index (χ0n) is 11.5. The summed E-state index contributed by atoms with van der Waals surface area (Å²) in [6.45, 7) is 0.285. The Hall–Kier alpha value is -2.59. The molecule has 0 aliphatic heterocycles. The predicted octanol–water partition coefficient (Wildman–Crippen LogP) is 4.17. The molecule has 0 amide bonds. The van der Waals surface area contributed by atoms with Crippen molar-refractivity contribution in [2.75, 3.05) is 0 Å². The van der Waals surface area contributed by atoms with E-state index in [4.69, 9.17) is 16.3 Å². The number of halogens is 1. The van der Waals surface area contributed by atoms with Crippen LogP contribution in [-0.4, -0.2) is 16.1 Å². The van der Waals surface area contributed by atoms with Crippen LogP contribution in [0.3, 0.4) is 0 Å². The minimum Gasteiger partial charge on any atom is -0.488 e. The number of rotatable bonds is 4. The molecule has 0 atom stereocenters. The SMILES string of the molecule is O=C(O)c1cc2c(Cl)ccnc2cc1OCc1ccccc1. The molecule has 0 spiro atoms. The van der Waals surface area contributed by atoms with Crippen molar-refractivity contribution in [3.63, 3.8) is 0 Å². The summed E-state index contributed by atoms with van der Waals surface area (Å²) in [7, 11) is 0. The summed E-state index contributed by atoms with van der Waals surface area (Å²) in [6.07, 6.45) is 1.58. The summed E-state index contributed by atoms with van der Waals surface area (Å²) in [4.78, 5) is 15.6. The Bertz CT molecular complexity index is 834. The van der Waals surface area contributed by atoms with Crippen LogP contribution in [0.5, 0.6) is 5.75 Å². The molecular weight excluding hydrogens is 302 g/mol. The molecule has 22 heavy (non-hydrogen) atoms. The lowest BCUT2D eigenvalue weighted by molar-refractivity contribution is 0.0692. The smallest absolute Gasteiger partial charge is 0.339 e. The van der Waals surface area contributed by atoms with Gasteiger partial charge in [-0.3, -0.25) is 4.98 Å². The van der Waals surface area contributed by atoms with Crippen LogP contribution in [-0.2, 0) is 6.61 Å². The van der Waals surface area contributed by atoms with Crippen molar-refractivity contribution >= 4 is 28.5 Å². The first-order chi connectivity index (χ1) is 10.6. The van der Waals surface area contributed by atoms with Crippen molar-refractivity contribution in [2.24, 2.45) is 0 Å². The highest BCUT2D eigenvalue weighted by molar-refractivity contribution is 6.35. The number of nitrogens with zero attached hydrogens (tertiary/aromatic N) is 1. The van der Waals surface area contributed by atoms with Gasteiger partial charge in [0.05, 0.1) is 10.5 Å². The first-order valence-electron chi connectivity index (χ1n) is 6.63. The van der Waals surface area contributed by atoms with Gasteiger partial charge in [0.25, 0.3) is 0 Å². The number of carboxylic acids is 1. The molecule has 1 N–H and O–H groups in total. The monoisotopic (exact) mass is 313 g/mol. The standard InChI is InChI=1S/C17H12ClNO3/c18-14-6-7-19-15-9-16(13(17(20)21)8-12(14)15)22-10-11-4-2-1-3-5-11/h1-9H,10H2,(H,20,21). The molecule has 0 saturated carbocycles. The number of fused-ring (bicyclic) bond motifs is 1. The molecular formula is C17H12ClNO3. The van der Waals surface area contributed by atoms with Crippen LogP contribution in [0.15, 0.2) is 54.7 Å². The summed E-state index contributed by atoms with van der Waals surface area (Å²) in [6, 6.07) is 14.3. The highest BCUT2D eigenvalue weighted by Gasteiger charge is 2.15. The zero-order valence-corrected chi connectivity index (χ0v) is 12.2. The molecule has 2 aromatic carbocycles. The maximum absolute atomic E-state index is 11.4. The summed E-state index contributed by atoms with van der Waals surface area (Å²) in [5.41, 5.74) is 1.62. The number of ether oxygens (including phenoxy) is 1. The van der Waals surface area contributed by atoms with E-state index in [1.165, 1.54) is 6.07 Å². The van der Waals surface area contributed by atoms with Crippen LogP contribution < -0.4 is 4.74 Å². The third-order valence-electron chi connectivity index (χ3n) is 3.26. The van der Waals surface area contributed by atoms with Gasteiger partial charge in [0, 0.05) is 17.6 Å². The summed E-state index contributed by atoms with van der Waals surface area (Å²) in [5.74, 6) is -0.788. The fourth-order valence-electron chi connectivity index (χ4n) is 2.16. The molecule has 0 aliphatic rings. The highest BCUT2D eigenvalue weighted by Crippen LogP contribution is 2.29. The van der Waals surface area contributed by atoms with Crippen molar-refractivity contribution in [2.45, 2.75) is 6.61 Å². The van der Waals surface area contributed by atoms with Gasteiger partial charge in [0.1, 0.15) is 17.9 Å². The van der Waals surface area contributed by atoms with Gasteiger partial charge < -0.3 is 9.84 Å². The van der Waals surface area contributed by atoms with E-state index in [0.717, 1.165) is 5.56 Å². The van der Waals surface area contributed by atoms with Crippen LogP contribution in [0.1, 0.15) is 15.9 Å². The maximum atomic E-state index is 11.4. The number of carboxylic acid groups (broad SMARTS) is 1. The molecule has 0 unspecified atom stereocenters. The number of aromatic carboxylic acids is 1. The Labute approximate surface area is 131 Å². The van der Waals surface area contributed by atoms with Crippen molar-refractivity contribution in [3.8, 4) is 5.75 Å². The number of hydrogen-bond donors (Lipinski definition) is 1. The number of benzene rings is 2. The maximum Gasteiger partial charge on any atom is 0.339 e. The lowest BCUT2D eigenvalue weighted by Crippen LogP contribution is -2.04. The molecule has 0 aliphatic carbocycles. The van der Waals surface area contributed by atoms with Crippen LogP contribution in [0.4, 0.5) is 0 Å². The van der Waals surface area contributed by atoms with Gasteiger partial charge in [-0.15, -0.1) is 0 Å². The Kier molecular flexibility index (Phi) is 3.94. The van der Waals surface area contributed by atoms with Crippen molar-refractivity contribution < 1.29 is 14.6 Å². The van der Waals surface area contributed by atoms with Gasteiger partial charge in [0.15, 0.2) is 0 Å². The first kappa shape index (κ1) is 14.4. The second-order valence-electron chi connectivity index (χ2n) is 4.74. The minimum absolute atomic E-state index is 0.0679. The van der Waals surface area contributed by atoms with E-state index in [1.54, 1.807) is 18.3 Å².